The van der Waals surface area contributed by atoms with Crippen LogP contribution < -0.4 is 5.32 Å². The van der Waals surface area contributed by atoms with Crippen molar-refractivity contribution in [3.05, 3.63) is 35.6 Å². The highest BCUT2D eigenvalue weighted by molar-refractivity contribution is 5.81. The van der Waals surface area contributed by atoms with Crippen molar-refractivity contribution >= 4 is 12.1 Å². The van der Waals surface area contributed by atoms with Crippen molar-refractivity contribution in [2.24, 2.45) is 5.92 Å². The summed E-state index contributed by atoms with van der Waals surface area (Å²) in [6, 6.07) is 5.51. The van der Waals surface area contributed by atoms with Crippen molar-refractivity contribution in [3.63, 3.8) is 0 Å². The first-order chi connectivity index (χ1) is 12.1. The van der Waals surface area contributed by atoms with E-state index >= 15 is 0 Å². The van der Waals surface area contributed by atoms with Gasteiger partial charge in [0.1, 0.15) is 23.6 Å². The monoisotopic (exact) mass is 365 g/mol. The van der Waals surface area contributed by atoms with Crippen molar-refractivity contribution < 1.29 is 23.5 Å². The summed E-state index contributed by atoms with van der Waals surface area (Å²) in [5.41, 5.74) is 0.322. The normalized spacial score (nSPS) is 17.8. The highest BCUT2D eigenvalue weighted by atomic mass is 19.1. The van der Waals surface area contributed by atoms with E-state index in [1.165, 1.54) is 12.1 Å². The number of alkyl carbamates (subject to hydrolysis) is 1. The Labute approximate surface area is 154 Å². The number of hydrogen-bond acceptors (Lipinski definition) is 4. The molecule has 1 aliphatic carbocycles. The predicted molar refractivity (Wildman–Crippen MR) is 96.3 cm³/mol. The summed E-state index contributed by atoms with van der Waals surface area (Å²) in [6.07, 6.45) is 1.10. The number of hydrogen-bond donors (Lipinski definition) is 1. The molecule has 3 atom stereocenters. The molecule has 2 rings (SSSR count). The molecule has 0 radical (unpaired) electrons. The second-order valence-corrected chi connectivity index (χ2v) is 7.92. The third-order valence-corrected chi connectivity index (χ3v) is 4.28. The highest BCUT2D eigenvalue weighted by Gasteiger charge is 2.38. The Morgan fingerprint density at radius 2 is 1.73 bits per heavy atom. The predicted octanol–water partition coefficient (Wildman–Crippen LogP) is 4.16. The number of carbonyl (C=O) groups is 2. The molecule has 1 N–H and O–H groups in total. The van der Waals surface area contributed by atoms with Crippen LogP contribution in [-0.4, -0.2) is 29.8 Å². The maximum atomic E-state index is 13.2. The van der Waals surface area contributed by atoms with Crippen LogP contribution in [0.25, 0.3) is 0 Å². The fourth-order valence-corrected chi connectivity index (χ4v) is 2.97. The molecule has 1 amide bonds. The van der Waals surface area contributed by atoms with Gasteiger partial charge in [-0.05, 0) is 71.1 Å². The summed E-state index contributed by atoms with van der Waals surface area (Å²) in [7, 11) is 0. The summed E-state index contributed by atoms with van der Waals surface area (Å²) in [6.45, 7) is 8.65. The van der Waals surface area contributed by atoms with Crippen LogP contribution >= 0.6 is 0 Å². The molecular weight excluding hydrogens is 337 g/mol. The van der Waals surface area contributed by atoms with E-state index in [-0.39, 0.29) is 17.8 Å². The van der Waals surface area contributed by atoms with Gasteiger partial charge in [-0.2, -0.15) is 0 Å². The van der Waals surface area contributed by atoms with E-state index in [0.717, 1.165) is 18.4 Å². The first-order valence-electron chi connectivity index (χ1n) is 9.02. The van der Waals surface area contributed by atoms with Crippen LogP contribution in [0.2, 0.25) is 0 Å². The Morgan fingerprint density at radius 1 is 1.15 bits per heavy atom. The van der Waals surface area contributed by atoms with Crippen molar-refractivity contribution in [3.8, 4) is 0 Å². The van der Waals surface area contributed by atoms with Crippen molar-refractivity contribution in [1.29, 1.82) is 0 Å². The minimum atomic E-state index is -0.819. The summed E-state index contributed by atoms with van der Waals surface area (Å²) < 4.78 is 23.9. The summed E-state index contributed by atoms with van der Waals surface area (Å²) in [5, 5.41) is 2.49. The maximum absolute atomic E-state index is 13.2. The first kappa shape index (κ1) is 20.2. The van der Waals surface area contributed by atoms with Gasteiger partial charge in [0, 0.05) is 5.92 Å². The van der Waals surface area contributed by atoms with Crippen LogP contribution in [0.3, 0.4) is 0 Å². The van der Waals surface area contributed by atoms with E-state index < -0.39 is 23.7 Å². The number of nitrogens with one attached hydrogen (secondary N) is 1. The molecule has 1 aliphatic rings. The standard InChI is InChI=1S/C20H28FNO4/c1-12(22-19(24)26-20(3,4)5)18(23)25-13(2)17(14-6-7-14)15-8-10-16(21)11-9-15/h8-14,17H,6-7H2,1-5H3,(H,22,24)/t12-,13-,17-/m0/s1. The van der Waals surface area contributed by atoms with Crippen LogP contribution in [0, 0.1) is 11.7 Å². The van der Waals surface area contributed by atoms with E-state index in [9.17, 15) is 14.0 Å². The third kappa shape index (κ3) is 6.00. The van der Waals surface area contributed by atoms with Gasteiger partial charge in [-0.15, -0.1) is 0 Å². The molecule has 1 aromatic rings. The minimum Gasteiger partial charge on any atom is -0.460 e. The lowest BCUT2D eigenvalue weighted by Crippen LogP contribution is -2.43. The molecule has 0 aromatic heterocycles. The zero-order valence-electron chi connectivity index (χ0n) is 16.0. The quantitative estimate of drug-likeness (QED) is 0.769. The molecule has 0 spiro atoms. The largest absolute Gasteiger partial charge is 0.460 e. The molecule has 5 nitrogen and oxygen atoms in total. The van der Waals surface area contributed by atoms with Crippen molar-refractivity contribution in [2.45, 2.75) is 71.1 Å². The Kier molecular flexibility index (Phi) is 6.26. The zero-order chi connectivity index (χ0) is 19.5. The average molecular weight is 365 g/mol. The van der Waals surface area contributed by atoms with Gasteiger partial charge in [-0.3, -0.25) is 0 Å². The molecule has 0 heterocycles. The van der Waals surface area contributed by atoms with Gasteiger partial charge in [0.25, 0.3) is 0 Å². The molecule has 0 unspecified atom stereocenters. The van der Waals surface area contributed by atoms with E-state index in [0.29, 0.717) is 5.92 Å². The summed E-state index contributed by atoms with van der Waals surface area (Å²) in [5.74, 6) is -0.357. The molecule has 1 aromatic carbocycles. The van der Waals surface area contributed by atoms with E-state index in [2.05, 4.69) is 5.32 Å². The van der Waals surface area contributed by atoms with Crippen LogP contribution in [0.15, 0.2) is 24.3 Å². The number of benzene rings is 1. The molecule has 26 heavy (non-hydrogen) atoms. The van der Waals surface area contributed by atoms with E-state index in [4.69, 9.17) is 9.47 Å². The van der Waals surface area contributed by atoms with Crippen molar-refractivity contribution in [1.82, 2.24) is 5.32 Å². The summed E-state index contributed by atoms with van der Waals surface area (Å²) in [4.78, 5) is 24.1. The van der Waals surface area contributed by atoms with Crippen LogP contribution in [0.1, 0.15) is 58.9 Å². The number of amides is 1. The van der Waals surface area contributed by atoms with Crippen LogP contribution in [-0.2, 0) is 14.3 Å². The summed E-state index contributed by atoms with van der Waals surface area (Å²) >= 11 is 0. The fraction of sp³-hybridized carbons (Fsp3) is 0.600. The third-order valence-electron chi connectivity index (χ3n) is 4.28. The fourth-order valence-electron chi connectivity index (χ4n) is 2.97. The van der Waals surface area contributed by atoms with Crippen LogP contribution in [0.5, 0.6) is 0 Å². The maximum Gasteiger partial charge on any atom is 0.408 e. The van der Waals surface area contributed by atoms with E-state index in [1.54, 1.807) is 39.8 Å². The first-order valence-corrected chi connectivity index (χ1v) is 9.02. The van der Waals surface area contributed by atoms with E-state index in [1.807, 2.05) is 6.92 Å². The topological polar surface area (TPSA) is 64.6 Å². The average Bonchev–Trinajstić information content (AvgIpc) is 3.32. The molecule has 1 saturated carbocycles. The Bertz CT molecular complexity index is 634. The Hall–Kier alpha value is -2.11. The zero-order valence-corrected chi connectivity index (χ0v) is 16.0. The van der Waals surface area contributed by atoms with Gasteiger partial charge < -0.3 is 14.8 Å². The molecule has 1 fully saturated rings. The molecule has 144 valence electrons. The second kappa shape index (κ2) is 8.06. The molecule has 0 saturated heterocycles. The molecule has 0 bridgehead atoms. The van der Waals surface area contributed by atoms with Crippen molar-refractivity contribution in [2.75, 3.05) is 0 Å². The van der Waals surface area contributed by atoms with Gasteiger partial charge in [0.05, 0.1) is 0 Å². The number of halogens is 1. The number of ether oxygens (including phenoxy) is 2. The van der Waals surface area contributed by atoms with Gasteiger partial charge in [-0.1, -0.05) is 12.1 Å². The number of rotatable bonds is 6. The Balaban J connectivity index is 1.95. The Morgan fingerprint density at radius 3 is 2.23 bits per heavy atom. The van der Waals surface area contributed by atoms with Gasteiger partial charge in [0.2, 0.25) is 0 Å². The lowest BCUT2D eigenvalue weighted by Gasteiger charge is -2.26. The molecular formula is C20H28FNO4. The molecule has 6 heteroatoms. The second-order valence-electron chi connectivity index (χ2n) is 7.92. The van der Waals surface area contributed by atoms with Crippen LogP contribution in [0.4, 0.5) is 9.18 Å². The van der Waals surface area contributed by atoms with Gasteiger partial charge >= 0.3 is 12.1 Å². The SMILES string of the molecule is C[C@H](NC(=O)OC(C)(C)C)C(=O)O[C@@H](C)[C@H](c1ccc(F)cc1)C1CC1. The lowest BCUT2D eigenvalue weighted by atomic mass is 9.89. The highest BCUT2D eigenvalue weighted by Crippen LogP contribution is 2.45. The minimum absolute atomic E-state index is 0.0216. The molecule has 0 aliphatic heterocycles. The van der Waals surface area contributed by atoms with Gasteiger partial charge in [-0.25, -0.2) is 14.0 Å². The van der Waals surface area contributed by atoms with Gasteiger partial charge in [0.15, 0.2) is 0 Å². The lowest BCUT2D eigenvalue weighted by molar-refractivity contribution is -0.151. The number of esters is 1. The number of carbonyl (C=O) groups excluding carboxylic acids is 2. The smallest absolute Gasteiger partial charge is 0.408 e.